The first kappa shape index (κ1) is 20.0. The summed E-state index contributed by atoms with van der Waals surface area (Å²) >= 11 is 1.78. The van der Waals surface area contributed by atoms with Crippen molar-refractivity contribution in [3.63, 3.8) is 0 Å². The average molecular weight is 373 g/mol. The van der Waals surface area contributed by atoms with Crippen LogP contribution in [0.25, 0.3) is 0 Å². The van der Waals surface area contributed by atoms with E-state index in [1.165, 1.54) is 9.75 Å². The van der Waals surface area contributed by atoms with E-state index in [0.717, 1.165) is 24.5 Å². The fourth-order valence-electron chi connectivity index (χ4n) is 2.39. The third-order valence-electron chi connectivity index (χ3n) is 4.09. The van der Waals surface area contributed by atoms with E-state index in [0.29, 0.717) is 12.1 Å². The van der Waals surface area contributed by atoms with E-state index in [-0.39, 0.29) is 11.9 Å². The zero-order chi connectivity index (χ0) is 18.9. The van der Waals surface area contributed by atoms with Gasteiger partial charge < -0.3 is 16.0 Å². The summed E-state index contributed by atoms with van der Waals surface area (Å²) in [7, 11) is 1.75. The molecule has 0 aliphatic carbocycles. The number of carbonyl (C=O) groups excluding carboxylic acids is 1. The maximum atomic E-state index is 12.3. The first-order valence-corrected chi connectivity index (χ1v) is 9.73. The second-order valence-corrected chi connectivity index (χ2v) is 7.65. The maximum Gasteiger partial charge on any atom is 0.251 e. The summed E-state index contributed by atoms with van der Waals surface area (Å²) in [5, 5.41) is 9.60. The van der Waals surface area contributed by atoms with Gasteiger partial charge in [-0.05, 0) is 50.1 Å². The van der Waals surface area contributed by atoms with Crippen LogP contribution in [0.3, 0.4) is 0 Å². The van der Waals surface area contributed by atoms with Crippen LogP contribution in [0.4, 0.5) is 0 Å². The molecule has 1 heterocycles. The number of amides is 1. The highest BCUT2D eigenvalue weighted by Gasteiger charge is 2.09. The quantitative estimate of drug-likeness (QED) is 0.515. The molecule has 1 amide bonds. The molecule has 140 valence electrons. The predicted octanol–water partition coefficient (Wildman–Crippen LogP) is 3.45. The lowest BCUT2D eigenvalue weighted by molar-refractivity contribution is 0.0939. The Morgan fingerprint density at radius 3 is 2.62 bits per heavy atom. The molecule has 0 saturated heterocycles. The molecular weight excluding hydrogens is 344 g/mol. The fourth-order valence-corrected chi connectivity index (χ4v) is 3.22. The first-order chi connectivity index (χ1) is 12.5. The molecule has 1 unspecified atom stereocenters. The monoisotopic (exact) mass is 372 g/mol. The van der Waals surface area contributed by atoms with E-state index in [4.69, 9.17) is 0 Å². The highest BCUT2D eigenvalue weighted by atomic mass is 32.1. The van der Waals surface area contributed by atoms with Gasteiger partial charge in [0.05, 0.1) is 6.54 Å². The summed E-state index contributed by atoms with van der Waals surface area (Å²) in [5.74, 6) is 0.710. The van der Waals surface area contributed by atoms with E-state index in [9.17, 15) is 4.79 Å². The molecule has 0 bridgehead atoms. The lowest BCUT2D eigenvalue weighted by atomic mass is 10.1. The molecule has 5 nitrogen and oxygen atoms in total. The Morgan fingerprint density at radius 1 is 1.19 bits per heavy atom. The van der Waals surface area contributed by atoms with E-state index in [1.54, 1.807) is 18.4 Å². The Morgan fingerprint density at radius 2 is 1.96 bits per heavy atom. The first-order valence-electron chi connectivity index (χ1n) is 8.91. The van der Waals surface area contributed by atoms with Gasteiger partial charge in [-0.2, -0.15) is 0 Å². The van der Waals surface area contributed by atoms with Crippen molar-refractivity contribution in [1.29, 1.82) is 0 Å². The number of nitrogens with one attached hydrogen (secondary N) is 3. The van der Waals surface area contributed by atoms with Crippen molar-refractivity contribution in [2.24, 2.45) is 4.99 Å². The molecule has 0 aliphatic rings. The Labute approximate surface area is 159 Å². The molecular formula is C20H28N4OS. The molecule has 0 saturated carbocycles. The van der Waals surface area contributed by atoms with Crippen LogP contribution in [-0.2, 0) is 13.1 Å². The topological polar surface area (TPSA) is 65.5 Å². The number of nitrogens with zero attached hydrogens (tertiary/aromatic N) is 1. The number of hydrogen-bond donors (Lipinski definition) is 3. The smallest absolute Gasteiger partial charge is 0.251 e. The van der Waals surface area contributed by atoms with Crippen molar-refractivity contribution in [2.45, 2.75) is 46.3 Å². The molecule has 1 atom stereocenters. The second kappa shape index (κ2) is 9.97. The van der Waals surface area contributed by atoms with Crippen LogP contribution in [0.15, 0.2) is 41.4 Å². The number of carbonyl (C=O) groups is 1. The van der Waals surface area contributed by atoms with Gasteiger partial charge in [0.1, 0.15) is 0 Å². The van der Waals surface area contributed by atoms with E-state index in [1.807, 2.05) is 31.2 Å². The number of aryl methyl sites for hydroxylation is 1. The Bertz CT molecular complexity index is 754. The van der Waals surface area contributed by atoms with Crippen LogP contribution in [-0.4, -0.2) is 25.0 Å². The molecule has 6 heteroatoms. The summed E-state index contributed by atoms with van der Waals surface area (Å²) in [6.45, 7) is 7.52. The van der Waals surface area contributed by atoms with Crippen LogP contribution in [0.2, 0.25) is 0 Å². The third kappa shape index (κ3) is 6.19. The normalized spacial score (nSPS) is 12.5. The molecule has 3 N–H and O–H groups in total. The SMILES string of the molecule is CCC(C)NC(=O)c1cccc(CNC(=NC)NCc2ccc(C)s2)c1. The minimum atomic E-state index is -0.0308. The molecule has 1 aromatic carbocycles. The largest absolute Gasteiger partial charge is 0.352 e. The van der Waals surface area contributed by atoms with Crippen LogP contribution in [0.1, 0.15) is 45.9 Å². The molecule has 0 fully saturated rings. The van der Waals surface area contributed by atoms with E-state index >= 15 is 0 Å². The summed E-state index contributed by atoms with van der Waals surface area (Å²) in [6, 6.07) is 12.1. The van der Waals surface area contributed by atoms with E-state index in [2.05, 4.69) is 46.9 Å². The zero-order valence-corrected chi connectivity index (χ0v) is 16.7. The van der Waals surface area contributed by atoms with Gasteiger partial charge in [0.15, 0.2) is 5.96 Å². The van der Waals surface area contributed by atoms with Gasteiger partial charge in [-0.25, -0.2) is 0 Å². The summed E-state index contributed by atoms with van der Waals surface area (Å²) in [4.78, 5) is 19.1. The number of hydrogen-bond acceptors (Lipinski definition) is 3. The van der Waals surface area contributed by atoms with Crippen LogP contribution >= 0.6 is 11.3 Å². The van der Waals surface area contributed by atoms with Gasteiger partial charge >= 0.3 is 0 Å². The third-order valence-corrected chi connectivity index (χ3v) is 5.09. The van der Waals surface area contributed by atoms with Gasteiger partial charge in [0, 0.05) is 35.0 Å². The minimum Gasteiger partial charge on any atom is -0.352 e. The van der Waals surface area contributed by atoms with Gasteiger partial charge in [0.25, 0.3) is 5.91 Å². The summed E-state index contributed by atoms with van der Waals surface area (Å²) in [5.41, 5.74) is 1.72. The molecule has 1 aromatic heterocycles. The molecule has 2 aromatic rings. The van der Waals surface area contributed by atoms with Gasteiger partial charge in [-0.3, -0.25) is 9.79 Å². The standard InChI is InChI=1S/C20H28N4OS/c1-5-14(2)24-19(25)17-8-6-7-16(11-17)12-22-20(21-4)23-13-18-10-9-15(3)26-18/h6-11,14H,5,12-13H2,1-4H3,(H,24,25)(H2,21,22,23). The number of thiophene rings is 1. The van der Waals surface area contributed by atoms with Gasteiger partial charge in [0.2, 0.25) is 0 Å². The van der Waals surface area contributed by atoms with Crippen molar-refractivity contribution >= 4 is 23.2 Å². The summed E-state index contributed by atoms with van der Waals surface area (Å²) in [6.07, 6.45) is 0.915. The predicted molar refractivity (Wildman–Crippen MR) is 110 cm³/mol. The molecule has 0 aliphatic heterocycles. The van der Waals surface area contributed by atoms with Crippen LogP contribution < -0.4 is 16.0 Å². The lowest BCUT2D eigenvalue weighted by Crippen LogP contribution is -2.36. The van der Waals surface area contributed by atoms with Crippen molar-refractivity contribution in [3.05, 3.63) is 57.3 Å². The number of guanidine groups is 1. The van der Waals surface area contributed by atoms with E-state index < -0.39 is 0 Å². The van der Waals surface area contributed by atoms with Gasteiger partial charge in [-0.15, -0.1) is 11.3 Å². The molecule has 0 radical (unpaired) electrons. The summed E-state index contributed by atoms with van der Waals surface area (Å²) < 4.78 is 0. The molecule has 26 heavy (non-hydrogen) atoms. The number of rotatable bonds is 7. The lowest BCUT2D eigenvalue weighted by Gasteiger charge is -2.13. The van der Waals surface area contributed by atoms with Crippen LogP contribution in [0.5, 0.6) is 0 Å². The van der Waals surface area contributed by atoms with Crippen LogP contribution in [0, 0.1) is 6.92 Å². The fraction of sp³-hybridized carbons (Fsp3) is 0.400. The highest BCUT2D eigenvalue weighted by Crippen LogP contribution is 2.14. The number of aliphatic imine (C=N–C) groups is 1. The van der Waals surface area contributed by atoms with Gasteiger partial charge in [-0.1, -0.05) is 19.1 Å². The Kier molecular flexibility index (Phi) is 7.66. The van der Waals surface area contributed by atoms with Crippen molar-refractivity contribution < 1.29 is 4.79 Å². The molecule has 0 spiro atoms. The maximum absolute atomic E-state index is 12.3. The average Bonchev–Trinajstić information content (AvgIpc) is 3.07. The second-order valence-electron chi connectivity index (χ2n) is 6.27. The van der Waals surface area contributed by atoms with Crippen molar-refractivity contribution in [1.82, 2.24) is 16.0 Å². The molecule has 2 rings (SSSR count). The Hall–Kier alpha value is -2.34. The van der Waals surface area contributed by atoms with Crippen molar-refractivity contribution in [2.75, 3.05) is 7.05 Å². The Balaban J connectivity index is 1.89. The zero-order valence-electron chi connectivity index (χ0n) is 15.9. The van der Waals surface area contributed by atoms with Crippen molar-refractivity contribution in [3.8, 4) is 0 Å². The highest BCUT2D eigenvalue weighted by molar-refractivity contribution is 7.11. The number of benzene rings is 1. The minimum absolute atomic E-state index is 0.0308.